The molecule has 3 heterocycles. The van der Waals surface area contributed by atoms with Gasteiger partial charge in [0, 0.05) is 12.1 Å². The molecule has 2 bridgehead atoms. The van der Waals surface area contributed by atoms with Gasteiger partial charge in [-0.25, -0.2) is 14.5 Å². The third kappa shape index (κ3) is 2.84. The summed E-state index contributed by atoms with van der Waals surface area (Å²) in [5, 5.41) is 12.3. The van der Waals surface area contributed by atoms with Crippen molar-refractivity contribution >= 4 is 35.3 Å². The van der Waals surface area contributed by atoms with Crippen LogP contribution in [0.3, 0.4) is 0 Å². The van der Waals surface area contributed by atoms with E-state index in [0.29, 0.717) is 24.2 Å². The molecule has 3 fully saturated rings. The summed E-state index contributed by atoms with van der Waals surface area (Å²) in [5.74, 6) is -0.361. The van der Waals surface area contributed by atoms with Crippen LogP contribution in [0.1, 0.15) is 38.3 Å². The number of anilines is 1. The lowest BCUT2D eigenvalue weighted by Gasteiger charge is -2.36. The Morgan fingerprint density at radius 3 is 2.62 bits per heavy atom. The van der Waals surface area contributed by atoms with Crippen molar-refractivity contribution in [1.29, 1.82) is 5.26 Å². The smallest absolute Gasteiger partial charge is 0.332 e. The van der Waals surface area contributed by atoms with Gasteiger partial charge in [0.05, 0.1) is 28.4 Å². The highest BCUT2D eigenvalue weighted by atomic mass is 35.5. The SMILES string of the molecule is Cc1c(N2C(=O)[C@@H]3C4C[C@H](CN4C(=O)NC(C)(C)C)N3C2=O)ccc(C#N)c1Cl. The van der Waals surface area contributed by atoms with Crippen LogP contribution in [0, 0.1) is 18.3 Å². The average Bonchev–Trinajstić information content (AvgIpc) is 3.28. The number of nitrogens with zero attached hydrogens (tertiary/aromatic N) is 4. The van der Waals surface area contributed by atoms with Crippen molar-refractivity contribution in [1.82, 2.24) is 15.1 Å². The fourth-order valence-electron chi connectivity index (χ4n) is 4.51. The van der Waals surface area contributed by atoms with Crippen molar-refractivity contribution in [2.45, 2.75) is 57.8 Å². The predicted octanol–water partition coefficient (Wildman–Crippen LogP) is 2.62. The maximum Gasteiger partial charge on any atom is 0.332 e. The number of likely N-dealkylation sites (tertiary alicyclic amines) is 1. The van der Waals surface area contributed by atoms with Crippen molar-refractivity contribution in [3.8, 4) is 6.07 Å². The lowest BCUT2D eigenvalue weighted by Crippen LogP contribution is -2.59. The van der Waals surface area contributed by atoms with Crippen LogP contribution in [-0.2, 0) is 4.79 Å². The van der Waals surface area contributed by atoms with E-state index in [1.807, 2.05) is 26.8 Å². The summed E-state index contributed by atoms with van der Waals surface area (Å²) in [6.07, 6.45) is 0.598. The summed E-state index contributed by atoms with van der Waals surface area (Å²) in [7, 11) is 0. The minimum Gasteiger partial charge on any atom is -0.333 e. The molecule has 3 atom stereocenters. The molecule has 1 aromatic rings. The second-order valence-corrected chi connectivity index (χ2v) is 9.16. The molecule has 0 radical (unpaired) electrons. The Balaban J connectivity index is 1.65. The van der Waals surface area contributed by atoms with Crippen molar-refractivity contribution in [2.75, 3.05) is 11.4 Å². The van der Waals surface area contributed by atoms with E-state index in [-0.39, 0.29) is 34.6 Å². The van der Waals surface area contributed by atoms with Gasteiger partial charge in [-0.05, 0) is 51.8 Å². The zero-order valence-electron chi connectivity index (χ0n) is 16.7. The first-order chi connectivity index (χ1) is 13.5. The number of piperazine rings is 1. The summed E-state index contributed by atoms with van der Waals surface area (Å²) in [6.45, 7) is 7.78. The summed E-state index contributed by atoms with van der Waals surface area (Å²) in [4.78, 5) is 43.5. The fraction of sp³-hybridized carbons (Fsp3) is 0.500. The number of nitrogens with one attached hydrogen (secondary N) is 1. The Labute approximate surface area is 174 Å². The molecule has 1 unspecified atom stereocenters. The largest absolute Gasteiger partial charge is 0.333 e. The Morgan fingerprint density at radius 2 is 2.00 bits per heavy atom. The monoisotopic (exact) mass is 415 g/mol. The summed E-state index contributed by atoms with van der Waals surface area (Å²) < 4.78 is 0. The van der Waals surface area contributed by atoms with Crippen LogP contribution in [0.15, 0.2) is 12.1 Å². The van der Waals surface area contributed by atoms with E-state index in [0.717, 1.165) is 4.90 Å². The molecule has 0 aromatic heterocycles. The molecular formula is C20H22ClN5O3. The molecule has 29 heavy (non-hydrogen) atoms. The Kier molecular flexibility index (Phi) is 4.28. The Morgan fingerprint density at radius 1 is 1.31 bits per heavy atom. The number of carbonyl (C=O) groups is 3. The van der Waals surface area contributed by atoms with Crippen LogP contribution in [0.4, 0.5) is 15.3 Å². The van der Waals surface area contributed by atoms with E-state index in [1.54, 1.807) is 22.8 Å². The minimum atomic E-state index is -0.694. The van der Waals surface area contributed by atoms with Crippen molar-refractivity contribution in [2.24, 2.45) is 0 Å². The number of nitriles is 1. The Bertz CT molecular complexity index is 980. The second-order valence-electron chi connectivity index (χ2n) is 8.78. The number of fused-ring (bicyclic) bond motifs is 5. The molecule has 5 amide bonds. The molecule has 0 spiro atoms. The molecule has 1 aromatic carbocycles. The number of carbonyl (C=O) groups excluding carboxylic acids is 3. The second kappa shape index (κ2) is 6.36. The third-order valence-corrected chi connectivity index (χ3v) is 6.21. The van der Waals surface area contributed by atoms with Crippen LogP contribution in [0.25, 0.3) is 0 Å². The Hall–Kier alpha value is -2.79. The van der Waals surface area contributed by atoms with Crippen LogP contribution >= 0.6 is 11.6 Å². The lowest BCUT2D eigenvalue weighted by atomic mass is 10.1. The first-order valence-corrected chi connectivity index (χ1v) is 9.87. The number of urea groups is 2. The molecule has 152 valence electrons. The van der Waals surface area contributed by atoms with E-state index in [2.05, 4.69) is 5.32 Å². The number of halogens is 1. The average molecular weight is 416 g/mol. The van der Waals surface area contributed by atoms with E-state index in [1.165, 1.54) is 6.07 Å². The number of amides is 5. The normalized spacial score (nSPS) is 25.5. The molecule has 1 N–H and O–H groups in total. The fourth-order valence-corrected chi connectivity index (χ4v) is 4.71. The van der Waals surface area contributed by atoms with Crippen LogP contribution in [-0.4, -0.2) is 58.0 Å². The van der Waals surface area contributed by atoms with Gasteiger partial charge >= 0.3 is 12.1 Å². The molecule has 4 rings (SSSR count). The van der Waals surface area contributed by atoms with Gasteiger partial charge in [0.1, 0.15) is 12.1 Å². The maximum absolute atomic E-state index is 13.3. The number of hydrogen-bond donors (Lipinski definition) is 1. The molecular weight excluding hydrogens is 394 g/mol. The van der Waals surface area contributed by atoms with Crippen LogP contribution < -0.4 is 10.2 Å². The maximum atomic E-state index is 13.3. The first kappa shape index (κ1) is 19.5. The molecule has 0 aliphatic carbocycles. The summed E-state index contributed by atoms with van der Waals surface area (Å²) >= 11 is 6.24. The molecule has 8 nitrogen and oxygen atoms in total. The first-order valence-electron chi connectivity index (χ1n) is 9.49. The molecule has 3 aliphatic rings. The number of benzene rings is 1. The molecule has 0 saturated carbocycles. The van der Waals surface area contributed by atoms with Gasteiger partial charge < -0.3 is 15.1 Å². The van der Waals surface area contributed by atoms with Crippen molar-refractivity contribution in [3.63, 3.8) is 0 Å². The van der Waals surface area contributed by atoms with Gasteiger partial charge in [-0.15, -0.1) is 0 Å². The number of imide groups is 1. The number of rotatable bonds is 1. The van der Waals surface area contributed by atoms with Crippen LogP contribution in [0.5, 0.6) is 0 Å². The highest BCUT2D eigenvalue weighted by molar-refractivity contribution is 6.33. The molecule has 3 saturated heterocycles. The van der Waals surface area contributed by atoms with Gasteiger partial charge in [0.25, 0.3) is 5.91 Å². The molecule has 3 aliphatic heterocycles. The summed E-state index contributed by atoms with van der Waals surface area (Å²) in [5.41, 5.74) is 0.778. The highest BCUT2D eigenvalue weighted by Gasteiger charge is 2.63. The minimum absolute atomic E-state index is 0.189. The van der Waals surface area contributed by atoms with Crippen molar-refractivity contribution < 1.29 is 14.4 Å². The topological polar surface area (TPSA) is 96.8 Å². The third-order valence-electron chi connectivity index (χ3n) is 5.73. The van der Waals surface area contributed by atoms with Gasteiger partial charge in [0.2, 0.25) is 0 Å². The van der Waals surface area contributed by atoms with Gasteiger partial charge in [-0.1, -0.05) is 11.6 Å². The van der Waals surface area contributed by atoms with Crippen molar-refractivity contribution in [3.05, 3.63) is 28.3 Å². The molecule has 9 heteroatoms. The lowest BCUT2D eigenvalue weighted by molar-refractivity contribution is -0.121. The zero-order valence-corrected chi connectivity index (χ0v) is 17.4. The standard InChI is InChI=1S/C20H22ClN5O3/c1-10-13(6-5-11(8-22)15(10)21)26-17(27)16-14-7-12(25(16)19(26)29)9-24(14)18(28)23-20(2,3)4/h5-6,12,14,16H,7,9H2,1-4H3,(H,23,28)/t12-,14?,16+/m1/s1. The van der Waals surface area contributed by atoms with E-state index in [4.69, 9.17) is 16.9 Å². The van der Waals surface area contributed by atoms with Gasteiger partial charge in [-0.3, -0.25) is 4.79 Å². The predicted molar refractivity (Wildman–Crippen MR) is 107 cm³/mol. The van der Waals surface area contributed by atoms with Gasteiger partial charge in [0.15, 0.2) is 0 Å². The summed E-state index contributed by atoms with van der Waals surface area (Å²) in [6, 6.07) is 3.23. The van der Waals surface area contributed by atoms with E-state index < -0.39 is 17.6 Å². The number of hydrogen-bond acceptors (Lipinski definition) is 4. The van der Waals surface area contributed by atoms with E-state index >= 15 is 0 Å². The van der Waals surface area contributed by atoms with E-state index in [9.17, 15) is 14.4 Å². The quantitative estimate of drug-likeness (QED) is 0.713. The van der Waals surface area contributed by atoms with Gasteiger partial charge in [-0.2, -0.15) is 5.26 Å². The van der Waals surface area contributed by atoms with Crippen LogP contribution in [0.2, 0.25) is 5.02 Å². The highest BCUT2D eigenvalue weighted by Crippen LogP contribution is 2.43. The zero-order chi connectivity index (χ0) is 21.2.